The fourth-order valence-electron chi connectivity index (χ4n) is 2.94. The van der Waals surface area contributed by atoms with Gasteiger partial charge in [-0.1, -0.05) is 6.92 Å². The molecule has 3 nitrogen and oxygen atoms in total. The molecule has 3 heteroatoms. The molecule has 0 amide bonds. The molecule has 4 unspecified atom stereocenters. The maximum Gasteiger partial charge on any atom is 0.119 e. The van der Waals surface area contributed by atoms with Gasteiger partial charge in [0, 0.05) is 13.2 Å². The maximum atomic E-state index is 12.2. The van der Waals surface area contributed by atoms with E-state index in [9.17, 15) is 5.11 Å². The highest BCUT2D eigenvalue weighted by Crippen LogP contribution is 2.26. The van der Waals surface area contributed by atoms with E-state index in [-0.39, 0.29) is 6.10 Å². The number of ether oxygens (including phenoxy) is 2. The SMILES string of the molecule is CC(CC([O])C1CCCCO1)C1CCCCO1. The molecule has 0 saturated carbocycles. The lowest BCUT2D eigenvalue weighted by atomic mass is 9.89. The molecule has 0 aromatic carbocycles. The molecule has 2 aliphatic heterocycles. The standard InChI is InChI=1S/C14H25O3/c1-11(13-6-2-4-8-16-13)10-12(15)14-7-3-5-9-17-14/h11-14H,2-10H2,1H3. The van der Waals surface area contributed by atoms with Crippen molar-refractivity contribution in [2.45, 2.75) is 70.2 Å². The van der Waals surface area contributed by atoms with Gasteiger partial charge in [0.05, 0.1) is 12.2 Å². The normalized spacial score (nSPS) is 34.2. The Morgan fingerprint density at radius 1 is 1.00 bits per heavy atom. The van der Waals surface area contributed by atoms with Crippen molar-refractivity contribution in [3.05, 3.63) is 0 Å². The van der Waals surface area contributed by atoms with E-state index < -0.39 is 6.10 Å². The van der Waals surface area contributed by atoms with Gasteiger partial charge in [-0.2, -0.15) is 0 Å². The van der Waals surface area contributed by atoms with Crippen LogP contribution >= 0.6 is 0 Å². The molecular formula is C14H25O3. The summed E-state index contributed by atoms with van der Waals surface area (Å²) >= 11 is 0. The Morgan fingerprint density at radius 3 is 2.12 bits per heavy atom. The van der Waals surface area contributed by atoms with Crippen LogP contribution in [0.1, 0.15) is 51.9 Å². The molecule has 2 aliphatic rings. The van der Waals surface area contributed by atoms with Crippen LogP contribution in [-0.2, 0) is 14.6 Å². The Kier molecular flexibility index (Phi) is 5.26. The Morgan fingerprint density at radius 2 is 1.59 bits per heavy atom. The first kappa shape index (κ1) is 13.3. The van der Waals surface area contributed by atoms with Crippen LogP contribution in [-0.4, -0.2) is 31.5 Å². The van der Waals surface area contributed by atoms with Crippen molar-refractivity contribution in [1.82, 2.24) is 0 Å². The average molecular weight is 241 g/mol. The largest absolute Gasteiger partial charge is 0.378 e. The van der Waals surface area contributed by atoms with E-state index in [0.717, 1.165) is 38.9 Å². The quantitative estimate of drug-likeness (QED) is 0.759. The highest BCUT2D eigenvalue weighted by molar-refractivity contribution is 4.78. The van der Waals surface area contributed by atoms with Crippen molar-refractivity contribution in [2.24, 2.45) is 5.92 Å². The van der Waals surface area contributed by atoms with Gasteiger partial charge < -0.3 is 9.47 Å². The Labute approximate surface area is 104 Å². The second kappa shape index (κ2) is 6.72. The summed E-state index contributed by atoms with van der Waals surface area (Å²) in [4.78, 5) is 0. The molecule has 2 saturated heterocycles. The molecule has 0 spiro atoms. The van der Waals surface area contributed by atoms with Crippen molar-refractivity contribution in [3.8, 4) is 0 Å². The third-order valence-electron chi connectivity index (χ3n) is 4.08. The number of rotatable bonds is 4. The smallest absolute Gasteiger partial charge is 0.119 e. The molecule has 0 aromatic rings. The molecule has 4 atom stereocenters. The summed E-state index contributed by atoms with van der Waals surface area (Å²) < 4.78 is 11.3. The first-order valence-electron chi connectivity index (χ1n) is 7.16. The topological polar surface area (TPSA) is 38.4 Å². The predicted molar refractivity (Wildman–Crippen MR) is 65.4 cm³/mol. The maximum absolute atomic E-state index is 12.2. The van der Waals surface area contributed by atoms with Gasteiger partial charge in [0.15, 0.2) is 0 Å². The van der Waals surface area contributed by atoms with Crippen molar-refractivity contribution in [2.75, 3.05) is 13.2 Å². The van der Waals surface area contributed by atoms with Crippen LogP contribution in [0.5, 0.6) is 0 Å². The van der Waals surface area contributed by atoms with Gasteiger partial charge >= 0.3 is 0 Å². The van der Waals surface area contributed by atoms with Gasteiger partial charge in [-0.3, -0.25) is 0 Å². The highest BCUT2D eigenvalue weighted by atomic mass is 16.5. The van der Waals surface area contributed by atoms with Gasteiger partial charge in [0.2, 0.25) is 0 Å². The van der Waals surface area contributed by atoms with Crippen molar-refractivity contribution in [1.29, 1.82) is 0 Å². The van der Waals surface area contributed by atoms with Crippen LogP contribution in [0, 0.1) is 5.92 Å². The summed E-state index contributed by atoms with van der Waals surface area (Å²) in [6, 6.07) is 0. The van der Waals surface area contributed by atoms with Gasteiger partial charge in [-0.05, 0) is 50.9 Å². The third kappa shape index (κ3) is 3.94. The fourth-order valence-corrected chi connectivity index (χ4v) is 2.94. The molecule has 0 N–H and O–H groups in total. The monoisotopic (exact) mass is 241 g/mol. The third-order valence-corrected chi connectivity index (χ3v) is 4.08. The minimum absolute atomic E-state index is 0.0465. The van der Waals surface area contributed by atoms with Gasteiger partial charge in [-0.25, -0.2) is 5.11 Å². The van der Waals surface area contributed by atoms with E-state index in [2.05, 4.69) is 6.92 Å². The van der Waals surface area contributed by atoms with E-state index in [1.54, 1.807) is 0 Å². The average Bonchev–Trinajstić information content (AvgIpc) is 2.40. The molecule has 99 valence electrons. The van der Waals surface area contributed by atoms with Crippen molar-refractivity contribution < 1.29 is 14.6 Å². The van der Waals surface area contributed by atoms with E-state index in [4.69, 9.17) is 9.47 Å². The molecule has 2 heterocycles. The second-order valence-electron chi connectivity index (χ2n) is 5.56. The Hall–Kier alpha value is -0.120. The molecular weight excluding hydrogens is 216 g/mol. The molecule has 1 radical (unpaired) electrons. The van der Waals surface area contributed by atoms with Crippen molar-refractivity contribution in [3.63, 3.8) is 0 Å². The first-order chi connectivity index (χ1) is 8.27. The van der Waals surface area contributed by atoms with E-state index >= 15 is 0 Å². The minimum Gasteiger partial charge on any atom is -0.378 e. The summed E-state index contributed by atoms with van der Waals surface area (Å²) in [5.41, 5.74) is 0. The number of hydrogen-bond donors (Lipinski definition) is 0. The number of hydrogen-bond acceptors (Lipinski definition) is 2. The Bertz CT molecular complexity index is 186. The zero-order valence-corrected chi connectivity index (χ0v) is 10.9. The zero-order chi connectivity index (χ0) is 12.1. The molecule has 2 rings (SSSR count). The molecule has 0 aliphatic carbocycles. The lowest BCUT2D eigenvalue weighted by Crippen LogP contribution is -2.35. The summed E-state index contributed by atoms with van der Waals surface area (Å²) in [5, 5.41) is 12.2. The summed E-state index contributed by atoms with van der Waals surface area (Å²) in [6.45, 7) is 3.81. The first-order valence-corrected chi connectivity index (χ1v) is 7.16. The molecule has 0 aromatic heterocycles. The molecule has 0 bridgehead atoms. The van der Waals surface area contributed by atoms with E-state index in [1.807, 2.05) is 0 Å². The van der Waals surface area contributed by atoms with Gasteiger partial charge in [-0.15, -0.1) is 0 Å². The van der Waals surface area contributed by atoms with Crippen LogP contribution in [0.2, 0.25) is 0 Å². The van der Waals surface area contributed by atoms with Crippen molar-refractivity contribution >= 4 is 0 Å². The van der Waals surface area contributed by atoms with Gasteiger partial charge in [0.1, 0.15) is 6.10 Å². The van der Waals surface area contributed by atoms with E-state index in [0.29, 0.717) is 18.4 Å². The van der Waals surface area contributed by atoms with Gasteiger partial charge in [0.25, 0.3) is 0 Å². The Balaban J connectivity index is 1.74. The predicted octanol–water partition coefficient (Wildman–Crippen LogP) is 2.95. The fraction of sp³-hybridized carbons (Fsp3) is 1.00. The van der Waals surface area contributed by atoms with Crippen LogP contribution in [0.4, 0.5) is 0 Å². The van der Waals surface area contributed by atoms with Crippen LogP contribution < -0.4 is 0 Å². The van der Waals surface area contributed by atoms with Crippen LogP contribution in [0.25, 0.3) is 0 Å². The van der Waals surface area contributed by atoms with Crippen LogP contribution in [0.3, 0.4) is 0 Å². The van der Waals surface area contributed by atoms with E-state index in [1.165, 1.54) is 12.8 Å². The molecule has 2 fully saturated rings. The minimum atomic E-state index is -0.559. The lowest BCUT2D eigenvalue weighted by molar-refractivity contribution is -0.106. The highest BCUT2D eigenvalue weighted by Gasteiger charge is 2.29. The summed E-state index contributed by atoms with van der Waals surface area (Å²) in [5.74, 6) is 0.378. The zero-order valence-electron chi connectivity index (χ0n) is 10.9. The van der Waals surface area contributed by atoms with Crippen LogP contribution in [0.15, 0.2) is 0 Å². The lowest BCUT2D eigenvalue weighted by Gasteiger charge is -2.32. The second-order valence-corrected chi connectivity index (χ2v) is 5.56. The summed E-state index contributed by atoms with van der Waals surface area (Å²) in [7, 11) is 0. The summed E-state index contributed by atoms with van der Waals surface area (Å²) in [6.07, 6.45) is 7.17. The molecule has 17 heavy (non-hydrogen) atoms.